The van der Waals surface area contributed by atoms with Crippen LogP contribution in [0.5, 0.6) is 0 Å². The van der Waals surface area contributed by atoms with E-state index in [1.165, 1.54) is 12.8 Å². The average Bonchev–Trinajstić information content (AvgIpc) is 2.65. The topological polar surface area (TPSA) is 29.1 Å². The van der Waals surface area contributed by atoms with Crippen molar-refractivity contribution in [2.45, 2.75) is 51.5 Å². The van der Waals surface area contributed by atoms with Crippen LogP contribution >= 0.6 is 11.6 Å². The second-order valence-electron chi connectivity index (χ2n) is 4.42. The molecule has 1 rings (SSSR count). The van der Waals surface area contributed by atoms with Crippen LogP contribution in [0, 0.1) is 5.92 Å². The minimum absolute atomic E-state index is 0.0952. The molecule has 1 amide bonds. The van der Waals surface area contributed by atoms with Crippen LogP contribution in [0.1, 0.15) is 46.0 Å². The van der Waals surface area contributed by atoms with E-state index in [4.69, 9.17) is 11.6 Å². The van der Waals surface area contributed by atoms with Gasteiger partial charge in [0, 0.05) is 11.8 Å². The first-order valence-corrected chi connectivity index (χ1v) is 6.05. The number of alkyl halides is 1. The molecule has 1 saturated carbocycles. The number of hydrogen-bond donors (Lipinski definition) is 1. The lowest BCUT2D eigenvalue weighted by atomic mass is 9.98. The predicted molar refractivity (Wildman–Crippen MR) is 59.5 cm³/mol. The van der Waals surface area contributed by atoms with Crippen molar-refractivity contribution in [3.8, 4) is 0 Å². The van der Waals surface area contributed by atoms with Crippen LogP contribution in [0.3, 0.4) is 0 Å². The molecule has 1 aliphatic carbocycles. The highest BCUT2D eigenvalue weighted by molar-refractivity contribution is 6.18. The van der Waals surface area contributed by atoms with Crippen LogP contribution in [-0.2, 0) is 4.79 Å². The number of nitrogens with one attached hydrogen (secondary N) is 1. The molecule has 1 atom stereocenters. The summed E-state index contributed by atoms with van der Waals surface area (Å²) < 4.78 is 0. The van der Waals surface area contributed by atoms with Gasteiger partial charge in [0.2, 0.25) is 5.91 Å². The van der Waals surface area contributed by atoms with Crippen LogP contribution in [0.4, 0.5) is 0 Å². The highest BCUT2D eigenvalue weighted by Gasteiger charge is 2.34. The smallest absolute Gasteiger partial charge is 0.223 e. The first-order chi connectivity index (χ1) is 6.63. The van der Waals surface area contributed by atoms with E-state index >= 15 is 0 Å². The highest BCUT2D eigenvalue weighted by atomic mass is 35.5. The third kappa shape index (κ3) is 2.63. The standard InChI is InChI=1S/C11H20ClNO/c1-3-9(2)10(14)13-11(8-12)6-4-5-7-11/h9H,3-8H2,1-2H3,(H,13,14). The third-order valence-corrected chi connectivity index (χ3v) is 3.78. The normalized spacial score (nSPS) is 21.9. The third-order valence-electron chi connectivity index (χ3n) is 3.26. The van der Waals surface area contributed by atoms with Crippen molar-refractivity contribution in [3.05, 3.63) is 0 Å². The molecule has 1 fully saturated rings. The van der Waals surface area contributed by atoms with Crippen molar-refractivity contribution in [2.24, 2.45) is 5.92 Å². The van der Waals surface area contributed by atoms with Crippen molar-refractivity contribution >= 4 is 17.5 Å². The summed E-state index contributed by atoms with van der Waals surface area (Å²) in [6, 6.07) is 0. The van der Waals surface area contributed by atoms with Gasteiger partial charge in [-0.25, -0.2) is 0 Å². The summed E-state index contributed by atoms with van der Waals surface area (Å²) in [6.45, 7) is 4.00. The van der Waals surface area contributed by atoms with Gasteiger partial charge in [0.05, 0.1) is 5.54 Å². The molecule has 0 aromatic heterocycles. The van der Waals surface area contributed by atoms with Crippen molar-refractivity contribution in [2.75, 3.05) is 5.88 Å². The van der Waals surface area contributed by atoms with E-state index in [1.54, 1.807) is 0 Å². The quantitative estimate of drug-likeness (QED) is 0.721. The summed E-state index contributed by atoms with van der Waals surface area (Å²) in [7, 11) is 0. The van der Waals surface area contributed by atoms with E-state index in [0.29, 0.717) is 5.88 Å². The average molecular weight is 218 g/mol. The summed E-state index contributed by atoms with van der Waals surface area (Å²) >= 11 is 5.94. The highest BCUT2D eigenvalue weighted by Crippen LogP contribution is 2.31. The molecule has 0 spiro atoms. The Hall–Kier alpha value is -0.240. The second-order valence-corrected chi connectivity index (χ2v) is 4.69. The van der Waals surface area contributed by atoms with Crippen LogP contribution < -0.4 is 5.32 Å². The fraction of sp³-hybridized carbons (Fsp3) is 0.909. The SMILES string of the molecule is CCC(C)C(=O)NC1(CCl)CCCC1. The first kappa shape index (κ1) is 11.8. The molecule has 82 valence electrons. The Morgan fingerprint density at radius 2 is 2.07 bits per heavy atom. The number of hydrogen-bond acceptors (Lipinski definition) is 1. The summed E-state index contributed by atoms with van der Waals surface area (Å²) in [6.07, 6.45) is 5.35. The minimum Gasteiger partial charge on any atom is -0.349 e. The van der Waals surface area contributed by atoms with Gasteiger partial charge in [0.15, 0.2) is 0 Å². The summed E-state index contributed by atoms with van der Waals surface area (Å²) in [5.41, 5.74) is -0.0952. The Morgan fingerprint density at radius 1 is 1.50 bits per heavy atom. The summed E-state index contributed by atoms with van der Waals surface area (Å²) in [5.74, 6) is 0.820. The molecule has 0 heterocycles. The Balaban J connectivity index is 2.52. The van der Waals surface area contributed by atoms with Gasteiger partial charge in [0.25, 0.3) is 0 Å². The minimum atomic E-state index is -0.0952. The van der Waals surface area contributed by atoms with Crippen molar-refractivity contribution in [1.29, 1.82) is 0 Å². The Morgan fingerprint density at radius 3 is 2.50 bits per heavy atom. The van der Waals surface area contributed by atoms with E-state index in [0.717, 1.165) is 19.3 Å². The van der Waals surface area contributed by atoms with E-state index in [9.17, 15) is 4.79 Å². The molecule has 14 heavy (non-hydrogen) atoms. The van der Waals surface area contributed by atoms with Gasteiger partial charge in [-0.15, -0.1) is 11.6 Å². The maximum Gasteiger partial charge on any atom is 0.223 e. The second kappa shape index (κ2) is 5.01. The molecular formula is C11H20ClNO. The molecule has 1 N–H and O–H groups in total. The summed E-state index contributed by atoms with van der Waals surface area (Å²) in [5, 5.41) is 3.12. The number of amides is 1. The van der Waals surface area contributed by atoms with Gasteiger partial charge in [0.1, 0.15) is 0 Å². The van der Waals surface area contributed by atoms with Gasteiger partial charge < -0.3 is 5.32 Å². The number of rotatable bonds is 4. The van der Waals surface area contributed by atoms with Gasteiger partial charge in [-0.3, -0.25) is 4.79 Å². The first-order valence-electron chi connectivity index (χ1n) is 5.51. The molecule has 2 nitrogen and oxygen atoms in total. The number of halogens is 1. The maximum absolute atomic E-state index is 11.7. The van der Waals surface area contributed by atoms with E-state index in [-0.39, 0.29) is 17.4 Å². The van der Waals surface area contributed by atoms with Crippen LogP contribution in [0.2, 0.25) is 0 Å². The van der Waals surface area contributed by atoms with Crippen LogP contribution in [0.15, 0.2) is 0 Å². The largest absolute Gasteiger partial charge is 0.349 e. The Labute approximate surface area is 91.4 Å². The van der Waals surface area contributed by atoms with Gasteiger partial charge in [-0.2, -0.15) is 0 Å². The number of carbonyl (C=O) groups excluding carboxylic acids is 1. The molecular weight excluding hydrogens is 198 g/mol. The molecule has 0 bridgehead atoms. The van der Waals surface area contributed by atoms with E-state index in [1.807, 2.05) is 13.8 Å². The monoisotopic (exact) mass is 217 g/mol. The van der Waals surface area contributed by atoms with Crippen molar-refractivity contribution in [3.63, 3.8) is 0 Å². The molecule has 1 aliphatic rings. The Kier molecular flexibility index (Phi) is 4.24. The fourth-order valence-corrected chi connectivity index (χ4v) is 2.25. The molecule has 1 unspecified atom stereocenters. The zero-order valence-corrected chi connectivity index (χ0v) is 9.86. The van der Waals surface area contributed by atoms with Crippen molar-refractivity contribution in [1.82, 2.24) is 5.32 Å². The number of carbonyl (C=O) groups is 1. The Bertz CT molecular complexity index is 199. The zero-order chi connectivity index (χ0) is 10.6. The van der Waals surface area contributed by atoms with E-state index < -0.39 is 0 Å². The van der Waals surface area contributed by atoms with Gasteiger partial charge in [-0.1, -0.05) is 26.7 Å². The molecule has 3 heteroatoms. The molecule has 0 aromatic carbocycles. The van der Waals surface area contributed by atoms with Crippen molar-refractivity contribution < 1.29 is 4.79 Å². The predicted octanol–water partition coefficient (Wildman–Crippen LogP) is 2.70. The zero-order valence-electron chi connectivity index (χ0n) is 9.11. The van der Waals surface area contributed by atoms with Crippen LogP contribution in [-0.4, -0.2) is 17.3 Å². The lowest BCUT2D eigenvalue weighted by molar-refractivity contribution is -0.126. The van der Waals surface area contributed by atoms with Crippen LogP contribution in [0.25, 0.3) is 0 Å². The van der Waals surface area contributed by atoms with Gasteiger partial charge >= 0.3 is 0 Å². The van der Waals surface area contributed by atoms with Gasteiger partial charge in [-0.05, 0) is 19.3 Å². The molecule has 0 aliphatic heterocycles. The lowest BCUT2D eigenvalue weighted by Crippen LogP contribution is -2.49. The molecule has 0 saturated heterocycles. The molecule has 0 radical (unpaired) electrons. The lowest BCUT2D eigenvalue weighted by Gasteiger charge is -2.29. The van der Waals surface area contributed by atoms with E-state index in [2.05, 4.69) is 5.32 Å². The maximum atomic E-state index is 11.7. The fourth-order valence-electron chi connectivity index (χ4n) is 1.91. The summed E-state index contributed by atoms with van der Waals surface area (Å²) in [4.78, 5) is 11.7. The molecule has 0 aromatic rings.